The van der Waals surface area contributed by atoms with Crippen molar-refractivity contribution in [1.29, 1.82) is 0 Å². The number of morpholine rings is 1. The molecule has 0 spiro atoms. The van der Waals surface area contributed by atoms with E-state index in [9.17, 15) is 9.59 Å². The molecule has 3 rings (SSSR count). The molecule has 1 fully saturated rings. The molecule has 1 heterocycles. The summed E-state index contributed by atoms with van der Waals surface area (Å²) >= 11 is 0. The molecule has 1 saturated heterocycles. The lowest BCUT2D eigenvalue weighted by molar-refractivity contribution is -0.155. The molecule has 0 unspecified atom stereocenters. The molecule has 1 atom stereocenters. The molecular formula is C20H22N2O3. The van der Waals surface area contributed by atoms with E-state index in [1.165, 1.54) is 0 Å². The molecule has 0 aromatic heterocycles. The molecule has 0 radical (unpaired) electrons. The van der Waals surface area contributed by atoms with Crippen LogP contribution in [-0.2, 0) is 20.9 Å². The number of rotatable bonds is 5. The van der Waals surface area contributed by atoms with Crippen LogP contribution < -0.4 is 5.32 Å². The molecule has 25 heavy (non-hydrogen) atoms. The minimum atomic E-state index is -0.720. The van der Waals surface area contributed by atoms with Gasteiger partial charge in [0.15, 0.2) is 0 Å². The van der Waals surface area contributed by atoms with Gasteiger partial charge in [-0.1, -0.05) is 48.0 Å². The summed E-state index contributed by atoms with van der Waals surface area (Å²) in [6.07, 6.45) is -0.694. The number of carbonyl (C=O) groups excluding carboxylic acids is 2. The topological polar surface area (TPSA) is 58.6 Å². The van der Waals surface area contributed by atoms with Crippen molar-refractivity contribution >= 4 is 17.5 Å². The van der Waals surface area contributed by atoms with Crippen molar-refractivity contribution in [2.45, 2.75) is 26.0 Å². The van der Waals surface area contributed by atoms with Crippen molar-refractivity contribution in [2.75, 3.05) is 18.5 Å². The number of aryl methyl sites for hydroxylation is 1. The van der Waals surface area contributed by atoms with Gasteiger partial charge in [0.05, 0.1) is 13.0 Å². The Labute approximate surface area is 147 Å². The van der Waals surface area contributed by atoms with Crippen LogP contribution in [0.2, 0.25) is 0 Å². The molecule has 1 aliphatic heterocycles. The molecule has 1 N–H and O–H groups in total. The molecule has 0 bridgehead atoms. The number of hydrogen-bond donors (Lipinski definition) is 1. The van der Waals surface area contributed by atoms with E-state index in [0.717, 1.165) is 16.8 Å². The summed E-state index contributed by atoms with van der Waals surface area (Å²) in [5, 5.41) is 2.81. The summed E-state index contributed by atoms with van der Waals surface area (Å²) < 4.78 is 5.53. The van der Waals surface area contributed by atoms with Crippen molar-refractivity contribution < 1.29 is 14.3 Å². The third-order valence-electron chi connectivity index (χ3n) is 4.19. The van der Waals surface area contributed by atoms with Gasteiger partial charge in [-0.25, -0.2) is 0 Å². The molecule has 0 saturated carbocycles. The van der Waals surface area contributed by atoms with E-state index < -0.39 is 6.10 Å². The molecule has 0 aliphatic carbocycles. The summed E-state index contributed by atoms with van der Waals surface area (Å²) in [5.41, 5.74) is 2.92. The van der Waals surface area contributed by atoms with Crippen molar-refractivity contribution in [1.82, 2.24) is 4.90 Å². The lowest BCUT2D eigenvalue weighted by atomic mass is 10.1. The van der Waals surface area contributed by atoms with E-state index in [4.69, 9.17) is 4.74 Å². The fraction of sp³-hybridized carbons (Fsp3) is 0.300. The Balaban J connectivity index is 1.57. The second-order valence-corrected chi connectivity index (χ2v) is 6.22. The van der Waals surface area contributed by atoms with E-state index in [1.54, 1.807) is 4.90 Å². The predicted octanol–water partition coefficient (Wildman–Crippen LogP) is 2.75. The molecule has 2 aromatic carbocycles. The molecule has 1 aliphatic rings. The Morgan fingerprint density at radius 2 is 1.88 bits per heavy atom. The minimum absolute atomic E-state index is 0.0258. The number of anilines is 1. The molecule has 130 valence electrons. The maximum Gasteiger partial charge on any atom is 0.252 e. The van der Waals surface area contributed by atoms with Gasteiger partial charge >= 0.3 is 0 Å². The maximum absolute atomic E-state index is 12.6. The van der Waals surface area contributed by atoms with Crippen LogP contribution in [0.5, 0.6) is 0 Å². The number of ether oxygens (including phenoxy) is 1. The lowest BCUT2D eigenvalue weighted by Gasteiger charge is -2.32. The third-order valence-corrected chi connectivity index (χ3v) is 4.19. The SMILES string of the molecule is Cc1ccc(NC(=O)C[C@H]2OCCN(Cc3ccccc3)C2=O)cc1. The van der Waals surface area contributed by atoms with Crippen LogP contribution in [0.25, 0.3) is 0 Å². The van der Waals surface area contributed by atoms with Crippen LogP contribution in [0.4, 0.5) is 5.69 Å². The van der Waals surface area contributed by atoms with Gasteiger partial charge in [0.1, 0.15) is 6.10 Å². The monoisotopic (exact) mass is 338 g/mol. The third kappa shape index (κ3) is 4.67. The number of nitrogens with one attached hydrogen (secondary N) is 1. The lowest BCUT2D eigenvalue weighted by Crippen LogP contribution is -2.48. The summed E-state index contributed by atoms with van der Waals surface area (Å²) in [7, 11) is 0. The highest BCUT2D eigenvalue weighted by atomic mass is 16.5. The van der Waals surface area contributed by atoms with Gasteiger partial charge < -0.3 is 15.0 Å². The fourth-order valence-electron chi connectivity index (χ4n) is 2.81. The number of carbonyl (C=O) groups is 2. The summed E-state index contributed by atoms with van der Waals surface area (Å²) in [6.45, 7) is 3.52. The quantitative estimate of drug-likeness (QED) is 0.912. The Bertz CT molecular complexity index is 728. The zero-order chi connectivity index (χ0) is 17.6. The number of nitrogens with zero attached hydrogens (tertiary/aromatic N) is 1. The molecule has 2 amide bonds. The average molecular weight is 338 g/mol. The Kier molecular flexibility index (Phi) is 5.46. The van der Waals surface area contributed by atoms with Crippen LogP contribution in [-0.4, -0.2) is 36.0 Å². The fourth-order valence-corrected chi connectivity index (χ4v) is 2.81. The number of benzene rings is 2. The first kappa shape index (κ1) is 17.2. The summed E-state index contributed by atoms with van der Waals surface area (Å²) in [5.74, 6) is -0.349. The van der Waals surface area contributed by atoms with Crippen molar-refractivity contribution in [3.63, 3.8) is 0 Å². The largest absolute Gasteiger partial charge is 0.366 e. The Morgan fingerprint density at radius 1 is 1.16 bits per heavy atom. The average Bonchev–Trinajstić information content (AvgIpc) is 2.61. The van der Waals surface area contributed by atoms with E-state index >= 15 is 0 Å². The van der Waals surface area contributed by atoms with E-state index in [2.05, 4.69) is 5.32 Å². The minimum Gasteiger partial charge on any atom is -0.366 e. The van der Waals surface area contributed by atoms with Crippen molar-refractivity contribution in [3.05, 3.63) is 65.7 Å². The van der Waals surface area contributed by atoms with Crippen LogP contribution in [0.1, 0.15) is 17.5 Å². The molecule has 2 aromatic rings. The van der Waals surface area contributed by atoms with Gasteiger partial charge in [-0.3, -0.25) is 9.59 Å². The summed E-state index contributed by atoms with van der Waals surface area (Å²) in [4.78, 5) is 26.6. The highest BCUT2D eigenvalue weighted by Crippen LogP contribution is 2.16. The van der Waals surface area contributed by atoms with Gasteiger partial charge in [0, 0.05) is 18.8 Å². The van der Waals surface area contributed by atoms with E-state index in [0.29, 0.717) is 19.7 Å². The number of amides is 2. The predicted molar refractivity (Wildman–Crippen MR) is 96.0 cm³/mol. The normalized spacial score (nSPS) is 17.4. The van der Waals surface area contributed by atoms with Crippen molar-refractivity contribution in [2.24, 2.45) is 0 Å². The van der Waals surface area contributed by atoms with Gasteiger partial charge in [-0.05, 0) is 24.6 Å². The van der Waals surface area contributed by atoms with E-state index in [-0.39, 0.29) is 18.2 Å². The zero-order valence-corrected chi connectivity index (χ0v) is 14.3. The van der Waals surface area contributed by atoms with Gasteiger partial charge in [-0.15, -0.1) is 0 Å². The van der Waals surface area contributed by atoms with Crippen LogP contribution in [0.15, 0.2) is 54.6 Å². The van der Waals surface area contributed by atoms with E-state index in [1.807, 2.05) is 61.5 Å². The first-order valence-corrected chi connectivity index (χ1v) is 8.42. The molecule has 5 heteroatoms. The summed E-state index contributed by atoms with van der Waals surface area (Å²) in [6, 6.07) is 17.4. The van der Waals surface area contributed by atoms with Crippen LogP contribution in [0.3, 0.4) is 0 Å². The Morgan fingerprint density at radius 3 is 2.60 bits per heavy atom. The highest BCUT2D eigenvalue weighted by Gasteiger charge is 2.31. The van der Waals surface area contributed by atoms with Gasteiger partial charge in [0.25, 0.3) is 5.91 Å². The smallest absolute Gasteiger partial charge is 0.252 e. The van der Waals surface area contributed by atoms with Crippen molar-refractivity contribution in [3.8, 4) is 0 Å². The first-order chi connectivity index (χ1) is 12.1. The first-order valence-electron chi connectivity index (χ1n) is 8.42. The van der Waals surface area contributed by atoms with Gasteiger partial charge in [-0.2, -0.15) is 0 Å². The second kappa shape index (κ2) is 7.94. The molecule has 5 nitrogen and oxygen atoms in total. The standard InChI is InChI=1S/C20H22N2O3/c1-15-7-9-17(10-8-15)21-19(23)13-18-20(24)22(11-12-25-18)14-16-5-3-2-4-6-16/h2-10,18H,11-14H2,1H3,(H,21,23)/t18-/m1/s1. The highest BCUT2D eigenvalue weighted by molar-refractivity contribution is 5.95. The Hall–Kier alpha value is -2.66. The number of hydrogen-bond acceptors (Lipinski definition) is 3. The van der Waals surface area contributed by atoms with Crippen LogP contribution in [0, 0.1) is 6.92 Å². The molecular weight excluding hydrogens is 316 g/mol. The second-order valence-electron chi connectivity index (χ2n) is 6.22. The van der Waals surface area contributed by atoms with Crippen LogP contribution >= 0.6 is 0 Å². The zero-order valence-electron chi connectivity index (χ0n) is 14.3. The maximum atomic E-state index is 12.6. The van der Waals surface area contributed by atoms with Gasteiger partial charge in [0.2, 0.25) is 5.91 Å².